The van der Waals surface area contributed by atoms with Crippen LogP contribution in [0.5, 0.6) is 11.5 Å². The molecule has 114 valence electrons. The Hall–Kier alpha value is -2.33. The maximum Gasteiger partial charge on any atom is 0.257 e. The second-order valence-electron chi connectivity index (χ2n) is 5.43. The molecule has 22 heavy (non-hydrogen) atoms. The minimum absolute atomic E-state index is 0.0431. The van der Waals surface area contributed by atoms with Crippen LogP contribution in [0.2, 0.25) is 0 Å². The third kappa shape index (κ3) is 3.28. The normalized spacial score (nSPS) is 15.6. The predicted octanol–water partition coefficient (Wildman–Crippen LogP) is 3.08. The van der Waals surface area contributed by atoms with Crippen LogP contribution >= 0.6 is 0 Å². The summed E-state index contributed by atoms with van der Waals surface area (Å²) in [4.78, 5) is 14.5. The average Bonchev–Trinajstić information content (AvgIpc) is 2.56. The Morgan fingerprint density at radius 2 is 1.64 bits per heavy atom. The van der Waals surface area contributed by atoms with E-state index < -0.39 is 0 Å². The molecule has 0 unspecified atom stereocenters. The zero-order valence-corrected chi connectivity index (χ0v) is 12.3. The van der Waals surface area contributed by atoms with E-state index in [9.17, 15) is 9.90 Å². The van der Waals surface area contributed by atoms with E-state index in [1.165, 1.54) is 0 Å². The van der Waals surface area contributed by atoms with Crippen molar-refractivity contribution < 1.29 is 14.6 Å². The lowest BCUT2D eigenvalue weighted by atomic mass is 10.1. The Kier molecular flexibility index (Phi) is 4.39. The molecule has 0 aromatic heterocycles. The van der Waals surface area contributed by atoms with E-state index in [0.717, 1.165) is 0 Å². The predicted molar refractivity (Wildman–Crippen MR) is 84.1 cm³/mol. The van der Waals surface area contributed by atoms with Crippen molar-refractivity contribution in [2.75, 3.05) is 13.1 Å². The van der Waals surface area contributed by atoms with E-state index in [0.29, 0.717) is 43.0 Å². The first kappa shape index (κ1) is 14.6. The summed E-state index contributed by atoms with van der Waals surface area (Å²) in [6.07, 6.45) is 0.973. The first-order chi connectivity index (χ1) is 10.7. The van der Waals surface area contributed by atoms with Crippen LogP contribution in [-0.4, -0.2) is 35.1 Å². The van der Waals surface area contributed by atoms with Gasteiger partial charge >= 0.3 is 0 Å². The molecule has 0 bridgehead atoms. The fourth-order valence-corrected chi connectivity index (χ4v) is 2.59. The molecule has 3 rings (SSSR count). The second kappa shape index (κ2) is 6.62. The third-order valence-electron chi connectivity index (χ3n) is 3.84. The van der Waals surface area contributed by atoms with E-state index in [2.05, 4.69) is 0 Å². The molecule has 2 aromatic rings. The van der Waals surface area contributed by atoms with E-state index in [1.54, 1.807) is 17.0 Å². The monoisotopic (exact) mass is 297 g/mol. The molecular formula is C18H19NO3. The van der Waals surface area contributed by atoms with Gasteiger partial charge in [0.15, 0.2) is 0 Å². The second-order valence-corrected chi connectivity index (χ2v) is 5.43. The number of rotatable bonds is 3. The van der Waals surface area contributed by atoms with Crippen LogP contribution in [0.1, 0.15) is 23.2 Å². The van der Waals surface area contributed by atoms with Gasteiger partial charge in [0.2, 0.25) is 0 Å². The molecule has 4 heteroatoms. The first-order valence-corrected chi connectivity index (χ1v) is 7.53. The Bertz CT molecular complexity index is 634. The van der Waals surface area contributed by atoms with Gasteiger partial charge in [-0.15, -0.1) is 0 Å². The maximum atomic E-state index is 12.7. The number of aliphatic hydroxyl groups excluding tert-OH is 1. The first-order valence-electron chi connectivity index (χ1n) is 7.53. The lowest BCUT2D eigenvalue weighted by Gasteiger charge is -2.30. The molecule has 0 radical (unpaired) electrons. The van der Waals surface area contributed by atoms with Crippen LogP contribution in [0.15, 0.2) is 54.6 Å². The van der Waals surface area contributed by atoms with Crippen molar-refractivity contribution >= 4 is 5.91 Å². The van der Waals surface area contributed by atoms with Crippen LogP contribution in [0, 0.1) is 0 Å². The number of para-hydroxylation sites is 2. The molecule has 0 atom stereocenters. The third-order valence-corrected chi connectivity index (χ3v) is 3.84. The number of carbonyl (C=O) groups excluding carboxylic acids is 1. The number of ether oxygens (including phenoxy) is 1. The van der Waals surface area contributed by atoms with Gasteiger partial charge in [-0.2, -0.15) is 0 Å². The van der Waals surface area contributed by atoms with E-state index in [4.69, 9.17) is 4.74 Å². The molecule has 1 heterocycles. The van der Waals surface area contributed by atoms with Crippen LogP contribution in [0.3, 0.4) is 0 Å². The fourth-order valence-electron chi connectivity index (χ4n) is 2.59. The minimum atomic E-state index is -0.292. The highest BCUT2D eigenvalue weighted by Gasteiger charge is 2.24. The quantitative estimate of drug-likeness (QED) is 0.947. The summed E-state index contributed by atoms with van der Waals surface area (Å²) in [6, 6.07) is 16.7. The minimum Gasteiger partial charge on any atom is -0.457 e. The summed E-state index contributed by atoms with van der Waals surface area (Å²) in [7, 11) is 0. The highest BCUT2D eigenvalue weighted by atomic mass is 16.5. The summed E-state index contributed by atoms with van der Waals surface area (Å²) in [5, 5.41) is 9.57. The number of benzene rings is 2. The molecule has 1 aliphatic rings. The van der Waals surface area contributed by atoms with Gasteiger partial charge in [-0.1, -0.05) is 30.3 Å². The number of piperidine rings is 1. The van der Waals surface area contributed by atoms with Crippen molar-refractivity contribution in [1.82, 2.24) is 4.90 Å². The van der Waals surface area contributed by atoms with Crippen molar-refractivity contribution in [2.24, 2.45) is 0 Å². The van der Waals surface area contributed by atoms with Gasteiger partial charge < -0.3 is 14.7 Å². The number of carbonyl (C=O) groups is 1. The Balaban J connectivity index is 1.80. The van der Waals surface area contributed by atoms with Crippen LogP contribution in [0.25, 0.3) is 0 Å². The van der Waals surface area contributed by atoms with E-state index in [1.807, 2.05) is 42.5 Å². The highest BCUT2D eigenvalue weighted by molar-refractivity contribution is 5.97. The zero-order valence-electron chi connectivity index (χ0n) is 12.3. The molecule has 1 amide bonds. The number of aliphatic hydroxyl groups is 1. The summed E-state index contributed by atoms with van der Waals surface area (Å²) in [6.45, 7) is 1.17. The van der Waals surface area contributed by atoms with Gasteiger partial charge in [0.05, 0.1) is 11.7 Å². The lowest BCUT2D eigenvalue weighted by molar-refractivity contribution is 0.0544. The highest BCUT2D eigenvalue weighted by Crippen LogP contribution is 2.27. The average molecular weight is 297 g/mol. The van der Waals surface area contributed by atoms with E-state index >= 15 is 0 Å². The van der Waals surface area contributed by atoms with Crippen molar-refractivity contribution in [3.8, 4) is 11.5 Å². The van der Waals surface area contributed by atoms with Crippen LogP contribution in [-0.2, 0) is 0 Å². The molecule has 0 saturated carbocycles. The van der Waals surface area contributed by atoms with Crippen molar-refractivity contribution in [3.63, 3.8) is 0 Å². The fraction of sp³-hybridized carbons (Fsp3) is 0.278. The van der Waals surface area contributed by atoms with Crippen molar-refractivity contribution in [1.29, 1.82) is 0 Å². The largest absolute Gasteiger partial charge is 0.457 e. The summed E-state index contributed by atoms with van der Waals surface area (Å²) < 4.78 is 5.85. The topological polar surface area (TPSA) is 49.8 Å². The number of amides is 1. The van der Waals surface area contributed by atoms with Gasteiger partial charge in [0.25, 0.3) is 5.91 Å². The smallest absolute Gasteiger partial charge is 0.257 e. The van der Waals surface area contributed by atoms with Gasteiger partial charge in [0, 0.05) is 13.1 Å². The molecule has 1 N–H and O–H groups in total. The number of likely N-dealkylation sites (tertiary alicyclic amines) is 1. The van der Waals surface area contributed by atoms with Gasteiger partial charge in [0.1, 0.15) is 11.5 Å². The number of nitrogens with zero attached hydrogens (tertiary/aromatic N) is 1. The molecule has 0 spiro atoms. The molecule has 2 aromatic carbocycles. The van der Waals surface area contributed by atoms with Crippen LogP contribution in [0.4, 0.5) is 0 Å². The Labute approximate surface area is 130 Å². The summed E-state index contributed by atoms with van der Waals surface area (Å²) in [5.74, 6) is 1.22. The Morgan fingerprint density at radius 3 is 2.36 bits per heavy atom. The SMILES string of the molecule is O=C(c1ccccc1Oc1ccccc1)N1CCC(O)CC1. The van der Waals surface area contributed by atoms with Gasteiger partial charge in [-0.05, 0) is 37.1 Å². The summed E-state index contributed by atoms with van der Waals surface area (Å²) in [5.41, 5.74) is 0.558. The standard InChI is InChI=1S/C18H19NO3/c20-14-10-12-19(13-11-14)18(21)16-8-4-5-9-17(16)22-15-6-2-1-3-7-15/h1-9,14,20H,10-13H2. The van der Waals surface area contributed by atoms with Crippen molar-refractivity contribution in [2.45, 2.75) is 18.9 Å². The van der Waals surface area contributed by atoms with Crippen molar-refractivity contribution in [3.05, 3.63) is 60.2 Å². The molecule has 4 nitrogen and oxygen atoms in total. The molecule has 0 aliphatic carbocycles. The maximum absolute atomic E-state index is 12.7. The Morgan fingerprint density at radius 1 is 1.00 bits per heavy atom. The zero-order chi connectivity index (χ0) is 15.4. The van der Waals surface area contributed by atoms with Gasteiger partial charge in [-0.3, -0.25) is 4.79 Å². The number of hydrogen-bond acceptors (Lipinski definition) is 3. The van der Waals surface area contributed by atoms with E-state index in [-0.39, 0.29) is 12.0 Å². The van der Waals surface area contributed by atoms with Crippen LogP contribution < -0.4 is 4.74 Å². The summed E-state index contributed by atoms with van der Waals surface area (Å²) >= 11 is 0. The molecule has 1 aliphatic heterocycles. The molecule has 1 fully saturated rings. The number of hydrogen-bond donors (Lipinski definition) is 1. The molecular weight excluding hydrogens is 278 g/mol. The van der Waals surface area contributed by atoms with Gasteiger partial charge in [-0.25, -0.2) is 0 Å². The molecule has 1 saturated heterocycles. The lowest BCUT2D eigenvalue weighted by Crippen LogP contribution is -2.40.